The monoisotopic (exact) mass is 286 g/mol. The maximum Gasteiger partial charge on any atom is 3.00 e. The van der Waals surface area contributed by atoms with Crippen LogP contribution in [-0.2, 0) is 22.4 Å². The third-order valence-electron chi connectivity index (χ3n) is 0.433. The summed E-state index contributed by atoms with van der Waals surface area (Å²) in [5.74, 6) is -3.21. The molecule has 0 aromatic heterocycles. The minimum atomic E-state index is -3.21. The molecule has 0 atom stereocenters. The summed E-state index contributed by atoms with van der Waals surface area (Å²) in [6.45, 7) is 1.27. The Hall–Kier alpha value is 0.620. The van der Waals surface area contributed by atoms with Crippen LogP contribution < -0.4 is 15.3 Å². The zero-order valence-corrected chi connectivity index (χ0v) is 5.90. The smallest absolute Gasteiger partial charge is 0.876 e. The van der Waals surface area contributed by atoms with Gasteiger partial charge in [-0.3, -0.25) is 0 Å². The molecule has 0 aliphatic heterocycles. The van der Waals surface area contributed by atoms with Crippen LogP contribution in [0, 0.1) is 0 Å². The van der Waals surface area contributed by atoms with Crippen LogP contribution in [0.3, 0.4) is 0 Å². The second kappa shape index (κ2) is 3.60. The first kappa shape index (κ1) is 10.6. The molecule has 0 fully saturated rings. The van der Waals surface area contributed by atoms with Gasteiger partial charge >= 0.3 is 22.4 Å². The third-order valence-corrected chi connectivity index (χ3v) is 0.433. The Kier molecular flexibility index (Phi) is 5.44. The topological polar surface area (TPSA) is 69.2 Å². The van der Waals surface area contributed by atoms with Crippen molar-refractivity contribution in [2.24, 2.45) is 0 Å². The molecular formula is C3H5AuO3. The van der Waals surface area contributed by atoms with Crippen LogP contribution in [0.25, 0.3) is 0 Å². The van der Waals surface area contributed by atoms with Crippen molar-refractivity contribution in [2.45, 2.75) is 19.3 Å². The summed E-state index contributed by atoms with van der Waals surface area (Å²) in [7, 11) is 0. The van der Waals surface area contributed by atoms with Gasteiger partial charge in [-0.1, -0.05) is 13.3 Å². The second-order valence-electron chi connectivity index (χ2n) is 1.04. The Labute approximate surface area is 57.5 Å². The number of hydrogen-bond acceptors (Lipinski definition) is 3. The van der Waals surface area contributed by atoms with Crippen molar-refractivity contribution in [2.75, 3.05) is 0 Å². The van der Waals surface area contributed by atoms with E-state index in [0.717, 1.165) is 0 Å². The molecule has 0 heterocycles. The fourth-order valence-electron chi connectivity index (χ4n) is 0. The van der Waals surface area contributed by atoms with E-state index in [9.17, 15) is 15.3 Å². The molecule has 0 aliphatic carbocycles. The van der Waals surface area contributed by atoms with E-state index in [-0.39, 0.29) is 22.4 Å². The van der Waals surface area contributed by atoms with Crippen molar-refractivity contribution in [3.8, 4) is 0 Å². The Morgan fingerprint density at radius 2 is 1.43 bits per heavy atom. The van der Waals surface area contributed by atoms with Gasteiger partial charge in [0.2, 0.25) is 0 Å². The van der Waals surface area contributed by atoms with Gasteiger partial charge in [0.15, 0.2) is 0 Å². The molecular weight excluding hydrogens is 281 g/mol. The Balaban J connectivity index is 0. The molecule has 0 radical (unpaired) electrons. The maximum absolute atomic E-state index is 9.36. The number of rotatable bonds is 1. The summed E-state index contributed by atoms with van der Waals surface area (Å²) in [5.41, 5.74) is 0. The van der Waals surface area contributed by atoms with Gasteiger partial charge in [0.05, 0.1) is 0 Å². The normalized spacial score (nSPS) is 10.3. The maximum atomic E-state index is 9.36. The molecule has 0 aliphatic rings. The predicted octanol–water partition coefficient (Wildman–Crippen LogP) is -2.87. The van der Waals surface area contributed by atoms with Gasteiger partial charge in [-0.25, -0.2) is 0 Å². The van der Waals surface area contributed by atoms with Crippen molar-refractivity contribution in [3.05, 3.63) is 0 Å². The Morgan fingerprint density at radius 3 is 1.43 bits per heavy atom. The SMILES string of the molecule is CCC([O-])([O-])[O-].[Au+3]. The van der Waals surface area contributed by atoms with E-state index >= 15 is 0 Å². The number of hydrogen-bond donors (Lipinski definition) is 0. The zero-order valence-electron chi connectivity index (χ0n) is 3.73. The van der Waals surface area contributed by atoms with Gasteiger partial charge in [-0.05, 0) is 0 Å². The molecule has 7 heavy (non-hydrogen) atoms. The molecule has 0 aromatic rings. The fourth-order valence-corrected chi connectivity index (χ4v) is 0. The largest absolute Gasteiger partial charge is 3.00 e. The fraction of sp³-hybridized carbons (Fsp3) is 1.00. The van der Waals surface area contributed by atoms with Crippen molar-refractivity contribution in [1.82, 2.24) is 0 Å². The van der Waals surface area contributed by atoms with Crippen molar-refractivity contribution in [1.29, 1.82) is 0 Å². The first-order chi connectivity index (χ1) is 2.56. The minimum absolute atomic E-state index is 0. The van der Waals surface area contributed by atoms with Gasteiger partial charge < -0.3 is 21.3 Å². The minimum Gasteiger partial charge on any atom is -0.876 e. The summed E-state index contributed by atoms with van der Waals surface area (Å²) >= 11 is 0. The van der Waals surface area contributed by atoms with E-state index in [2.05, 4.69) is 0 Å². The quantitative estimate of drug-likeness (QED) is 0.384. The van der Waals surface area contributed by atoms with Crippen molar-refractivity contribution < 1.29 is 37.7 Å². The molecule has 4 heteroatoms. The van der Waals surface area contributed by atoms with Crippen molar-refractivity contribution >= 4 is 0 Å². The summed E-state index contributed by atoms with van der Waals surface area (Å²) in [6.07, 6.45) is -0.396. The van der Waals surface area contributed by atoms with E-state index in [0.29, 0.717) is 0 Å². The molecule has 0 rings (SSSR count). The molecule has 0 aromatic carbocycles. The van der Waals surface area contributed by atoms with Crippen LogP contribution in [0.2, 0.25) is 0 Å². The van der Waals surface area contributed by atoms with E-state index in [1.54, 1.807) is 0 Å². The van der Waals surface area contributed by atoms with E-state index in [1.165, 1.54) is 6.92 Å². The summed E-state index contributed by atoms with van der Waals surface area (Å²) < 4.78 is 0. The Morgan fingerprint density at radius 1 is 1.29 bits per heavy atom. The molecule has 0 N–H and O–H groups in total. The second-order valence-corrected chi connectivity index (χ2v) is 1.04. The molecule has 3 nitrogen and oxygen atoms in total. The molecule has 0 amide bonds. The first-order valence-electron chi connectivity index (χ1n) is 1.67. The van der Waals surface area contributed by atoms with Crippen LogP contribution in [0.1, 0.15) is 13.3 Å². The van der Waals surface area contributed by atoms with Crippen LogP contribution in [0.15, 0.2) is 0 Å². The zero-order chi connectivity index (χ0) is 5.21. The third kappa shape index (κ3) is 10.8. The first-order valence-corrected chi connectivity index (χ1v) is 1.67. The van der Waals surface area contributed by atoms with E-state index in [1.807, 2.05) is 0 Å². The van der Waals surface area contributed by atoms with Gasteiger partial charge in [0.25, 0.3) is 0 Å². The van der Waals surface area contributed by atoms with Gasteiger partial charge in [0, 0.05) is 0 Å². The van der Waals surface area contributed by atoms with E-state index < -0.39 is 12.4 Å². The molecule has 0 unspecified atom stereocenters. The molecule has 0 saturated carbocycles. The summed E-state index contributed by atoms with van der Waals surface area (Å²) in [5, 5.41) is 28.1. The Bertz CT molecular complexity index is 39.9. The summed E-state index contributed by atoms with van der Waals surface area (Å²) in [6, 6.07) is 0. The van der Waals surface area contributed by atoms with Gasteiger partial charge in [0.1, 0.15) is 0 Å². The van der Waals surface area contributed by atoms with Crippen LogP contribution in [0.4, 0.5) is 0 Å². The average molecular weight is 286 g/mol. The van der Waals surface area contributed by atoms with Crippen LogP contribution >= 0.6 is 0 Å². The predicted molar refractivity (Wildman–Crippen MR) is 13.0 cm³/mol. The van der Waals surface area contributed by atoms with Crippen LogP contribution in [0.5, 0.6) is 0 Å². The summed E-state index contributed by atoms with van der Waals surface area (Å²) in [4.78, 5) is 0. The van der Waals surface area contributed by atoms with Crippen molar-refractivity contribution in [3.63, 3.8) is 0 Å². The standard InChI is InChI=1S/C3H5O3.Au/c1-2-3(4,5)6;/h2H2,1H3;/q-3;+3. The molecule has 46 valence electrons. The molecule has 0 saturated heterocycles. The van der Waals surface area contributed by atoms with Gasteiger partial charge in [-0.2, -0.15) is 0 Å². The van der Waals surface area contributed by atoms with Gasteiger partial charge in [-0.15, -0.1) is 0 Å². The van der Waals surface area contributed by atoms with E-state index in [4.69, 9.17) is 0 Å². The molecule has 0 bridgehead atoms. The van der Waals surface area contributed by atoms with Crippen LogP contribution in [-0.4, -0.2) is 5.97 Å². The average Bonchev–Trinajstić information content (AvgIpc) is 1.35. The molecule has 0 spiro atoms.